The number of nitrogens with one attached hydrogen (secondary N) is 1. The monoisotopic (exact) mass is 376 g/mol. The van der Waals surface area contributed by atoms with E-state index in [0.29, 0.717) is 18.2 Å². The van der Waals surface area contributed by atoms with Crippen LogP contribution in [-0.2, 0) is 16.6 Å². The number of hydrogen-bond donors (Lipinski definition) is 1. The quantitative estimate of drug-likeness (QED) is 0.798. The minimum Gasteiger partial charge on any atom is -0.494 e. The van der Waals surface area contributed by atoms with Crippen LogP contribution in [0.1, 0.15) is 31.2 Å². The molecule has 0 bridgehead atoms. The van der Waals surface area contributed by atoms with Crippen molar-refractivity contribution in [2.45, 2.75) is 38.1 Å². The molecular weight excluding hydrogens is 352 g/mol. The number of ether oxygens (including phenoxy) is 1. The lowest BCUT2D eigenvalue weighted by Gasteiger charge is -2.16. The van der Waals surface area contributed by atoms with E-state index in [2.05, 4.69) is 19.6 Å². The molecule has 1 aromatic heterocycles. The first-order valence-electron chi connectivity index (χ1n) is 8.79. The number of anilines is 1. The van der Waals surface area contributed by atoms with E-state index in [1.807, 2.05) is 19.9 Å². The summed E-state index contributed by atoms with van der Waals surface area (Å²) < 4.78 is 33.1. The van der Waals surface area contributed by atoms with Crippen molar-refractivity contribution < 1.29 is 13.2 Å². The van der Waals surface area contributed by atoms with Gasteiger partial charge in [-0.1, -0.05) is 0 Å². The maximum absolute atomic E-state index is 12.6. The van der Waals surface area contributed by atoms with E-state index in [0.717, 1.165) is 37.3 Å². The van der Waals surface area contributed by atoms with Gasteiger partial charge in [-0.3, -0.25) is 0 Å². The summed E-state index contributed by atoms with van der Waals surface area (Å²) in [6.07, 6.45) is 3.98. The van der Waals surface area contributed by atoms with Gasteiger partial charge in [-0.2, -0.15) is 0 Å². The van der Waals surface area contributed by atoms with Crippen LogP contribution in [0.5, 0.6) is 5.75 Å². The minimum atomic E-state index is -3.64. The Hall–Kier alpha value is -2.19. The van der Waals surface area contributed by atoms with E-state index in [1.165, 1.54) is 0 Å². The molecule has 7 nitrogen and oxygen atoms in total. The molecule has 0 radical (unpaired) electrons. The molecule has 3 rings (SSSR count). The summed E-state index contributed by atoms with van der Waals surface area (Å²) in [6.45, 7) is 6.27. The molecule has 0 atom stereocenters. The highest BCUT2D eigenvalue weighted by atomic mass is 32.2. The molecule has 1 aliphatic rings. The third-order valence-electron chi connectivity index (χ3n) is 4.30. The van der Waals surface area contributed by atoms with Gasteiger partial charge >= 0.3 is 0 Å². The van der Waals surface area contributed by atoms with Gasteiger partial charge in [0, 0.05) is 19.3 Å². The normalized spacial score (nSPS) is 14.6. The number of benzene rings is 1. The molecule has 0 unspecified atom stereocenters. The summed E-state index contributed by atoms with van der Waals surface area (Å²) in [4.78, 5) is 11.0. The van der Waals surface area contributed by atoms with Crippen LogP contribution in [-0.4, -0.2) is 38.1 Å². The molecule has 8 heteroatoms. The molecule has 26 heavy (non-hydrogen) atoms. The van der Waals surface area contributed by atoms with E-state index >= 15 is 0 Å². The van der Waals surface area contributed by atoms with Crippen LogP contribution in [0.15, 0.2) is 35.4 Å². The lowest BCUT2D eigenvalue weighted by Crippen LogP contribution is -2.25. The van der Waals surface area contributed by atoms with Crippen molar-refractivity contribution in [2.75, 3.05) is 24.6 Å². The topological polar surface area (TPSA) is 84.4 Å². The van der Waals surface area contributed by atoms with Crippen molar-refractivity contribution in [3.8, 4) is 5.75 Å². The molecule has 0 spiro atoms. The molecule has 1 fully saturated rings. The van der Waals surface area contributed by atoms with Gasteiger partial charge in [0.2, 0.25) is 10.0 Å². The Balaban J connectivity index is 1.70. The summed E-state index contributed by atoms with van der Waals surface area (Å²) in [5, 5.41) is 0. The van der Waals surface area contributed by atoms with Crippen molar-refractivity contribution in [1.82, 2.24) is 14.7 Å². The first-order chi connectivity index (χ1) is 12.5. The van der Waals surface area contributed by atoms with E-state index in [4.69, 9.17) is 4.74 Å². The van der Waals surface area contributed by atoms with Crippen molar-refractivity contribution in [3.63, 3.8) is 0 Å². The van der Waals surface area contributed by atoms with E-state index in [-0.39, 0.29) is 11.4 Å². The molecule has 1 N–H and O–H groups in total. The van der Waals surface area contributed by atoms with E-state index < -0.39 is 10.0 Å². The predicted octanol–water partition coefficient (Wildman–Crippen LogP) is 2.26. The molecule has 0 amide bonds. The van der Waals surface area contributed by atoms with Gasteiger partial charge < -0.3 is 9.64 Å². The number of sulfonamides is 1. The number of hydrogen-bond acceptors (Lipinski definition) is 6. The average molecular weight is 376 g/mol. The SMILES string of the molecule is CCOc1ccc(S(=O)(=O)NCc2nccc(N3CCCC3)n2)cc1C. The van der Waals surface area contributed by atoms with E-state index in [9.17, 15) is 8.42 Å². The highest BCUT2D eigenvalue weighted by molar-refractivity contribution is 7.89. The summed E-state index contributed by atoms with van der Waals surface area (Å²) in [7, 11) is -3.64. The van der Waals surface area contributed by atoms with Crippen LogP contribution in [0, 0.1) is 6.92 Å². The van der Waals surface area contributed by atoms with Gasteiger partial charge in [-0.15, -0.1) is 0 Å². The summed E-state index contributed by atoms with van der Waals surface area (Å²) in [6, 6.07) is 6.69. The molecule has 1 aliphatic heterocycles. The first kappa shape index (κ1) is 18.6. The third kappa shape index (κ3) is 4.31. The third-order valence-corrected chi connectivity index (χ3v) is 5.70. The second-order valence-corrected chi connectivity index (χ2v) is 7.98. The van der Waals surface area contributed by atoms with Crippen molar-refractivity contribution in [2.24, 2.45) is 0 Å². The van der Waals surface area contributed by atoms with Crippen LogP contribution in [0.4, 0.5) is 5.82 Å². The smallest absolute Gasteiger partial charge is 0.240 e. The second kappa shape index (κ2) is 8.01. The van der Waals surface area contributed by atoms with Crippen LogP contribution in [0.3, 0.4) is 0 Å². The Kier molecular flexibility index (Phi) is 5.73. The van der Waals surface area contributed by atoms with Crippen molar-refractivity contribution >= 4 is 15.8 Å². The molecule has 2 heterocycles. The predicted molar refractivity (Wildman–Crippen MR) is 99.9 cm³/mol. The second-order valence-electron chi connectivity index (χ2n) is 6.21. The number of rotatable bonds is 7. The zero-order chi connectivity index (χ0) is 18.6. The molecule has 0 saturated carbocycles. The van der Waals surface area contributed by atoms with Crippen LogP contribution in [0.25, 0.3) is 0 Å². The van der Waals surface area contributed by atoms with Crippen LogP contribution >= 0.6 is 0 Å². The summed E-state index contributed by atoms with van der Waals surface area (Å²) in [5.41, 5.74) is 0.780. The molecule has 0 aliphatic carbocycles. The Morgan fingerprint density at radius 3 is 2.69 bits per heavy atom. The standard InChI is InChI=1S/C18H24N4O3S/c1-3-25-16-7-6-15(12-14(16)2)26(23,24)20-13-17-19-9-8-18(21-17)22-10-4-5-11-22/h6-9,12,20H,3-5,10-11,13H2,1-2H3. The molecular formula is C18H24N4O3S. The average Bonchev–Trinajstić information content (AvgIpc) is 3.17. The lowest BCUT2D eigenvalue weighted by atomic mass is 10.2. The van der Waals surface area contributed by atoms with Crippen molar-refractivity contribution in [1.29, 1.82) is 0 Å². The fourth-order valence-electron chi connectivity index (χ4n) is 2.95. The van der Waals surface area contributed by atoms with Crippen LogP contribution in [0.2, 0.25) is 0 Å². The Labute approximate surface area is 154 Å². The highest BCUT2D eigenvalue weighted by Crippen LogP contribution is 2.22. The zero-order valence-electron chi connectivity index (χ0n) is 15.1. The van der Waals surface area contributed by atoms with Gasteiger partial charge in [-0.25, -0.2) is 23.1 Å². The highest BCUT2D eigenvalue weighted by Gasteiger charge is 2.17. The summed E-state index contributed by atoms with van der Waals surface area (Å²) >= 11 is 0. The number of aromatic nitrogens is 2. The number of aryl methyl sites for hydroxylation is 1. The summed E-state index contributed by atoms with van der Waals surface area (Å²) in [5.74, 6) is 2.00. The Morgan fingerprint density at radius 2 is 2.00 bits per heavy atom. The maximum atomic E-state index is 12.6. The Morgan fingerprint density at radius 1 is 1.23 bits per heavy atom. The lowest BCUT2D eigenvalue weighted by molar-refractivity contribution is 0.337. The van der Waals surface area contributed by atoms with Gasteiger partial charge in [0.15, 0.2) is 0 Å². The number of nitrogens with zero attached hydrogens (tertiary/aromatic N) is 3. The molecule has 2 aromatic rings. The van der Waals surface area contributed by atoms with Gasteiger partial charge in [0.05, 0.1) is 18.0 Å². The van der Waals surface area contributed by atoms with Gasteiger partial charge in [-0.05, 0) is 56.5 Å². The largest absolute Gasteiger partial charge is 0.494 e. The minimum absolute atomic E-state index is 0.0519. The fourth-order valence-corrected chi connectivity index (χ4v) is 4.01. The van der Waals surface area contributed by atoms with Gasteiger partial charge in [0.25, 0.3) is 0 Å². The van der Waals surface area contributed by atoms with Crippen LogP contribution < -0.4 is 14.4 Å². The zero-order valence-corrected chi connectivity index (χ0v) is 15.9. The molecule has 140 valence electrons. The van der Waals surface area contributed by atoms with E-state index in [1.54, 1.807) is 24.4 Å². The maximum Gasteiger partial charge on any atom is 0.240 e. The van der Waals surface area contributed by atoms with Crippen molar-refractivity contribution in [3.05, 3.63) is 41.9 Å². The first-order valence-corrected chi connectivity index (χ1v) is 10.3. The fraction of sp³-hybridized carbons (Fsp3) is 0.444. The van der Waals surface area contributed by atoms with Gasteiger partial charge in [0.1, 0.15) is 17.4 Å². The molecule has 1 aromatic carbocycles. The molecule has 1 saturated heterocycles. The Bertz CT molecular complexity index is 864.